The lowest BCUT2D eigenvalue weighted by molar-refractivity contribution is -0.128. The number of carbonyl (C=O) groups is 1. The van der Waals surface area contributed by atoms with Crippen LogP contribution < -0.4 is 10.6 Å². The Morgan fingerprint density at radius 1 is 1.22 bits per heavy atom. The fraction of sp³-hybridized carbons (Fsp3) is 0.875. The number of halogens is 1. The van der Waals surface area contributed by atoms with Gasteiger partial charge in [0.1, 0.15) is 0 Å². The number of aliphatic imine (C=N–C) groups is 1. The third-order valence-electron chi connectivity index (χ3n) is 5.12. The van der Waals surface area contributed by atoms with Crippen molar-refractivity contribution in [3.8, 4) is 0 Å². The van der Waals surface area contributed by atoms with Gasteiger partial charge in [-0.3, -0.25) is 14.7 Å². The van der Waals surface area contributed by atoms with Crippen LogP contribution in [-0.4, -0.2) is 73.5 Å². The number of nitrogens with one attached hydrogen (secondary N) is 2. The maximum atomic E-state index is 12.1. The summed E-state index contributed by atoms with van der Waals surface area (Å²) in [7, 11) is 1.77. The first-order valence-corrected chi connectivity index (χ1v) is 8.66. The molecule has 2 atom stereocenters. The first-order valence-electron chi connectivity index (χ1n) is 8.66. The molecule has 0 aromatic carbocycles. The van der Waals surface area contributed by atoms with E-state index in [1.165, 1.54) is 19.4 Å². The first kappa shape index (κ1) is 18.8. The third kappa shape index (κ3) is 4.95. The molecule has 0 radical (unpaired) electrons. The minimum absolute atomic E-state index is 0. The van der Waals surface area contributed by atoms with Gasteiger partial charge in [0.05, 0.1) is 6.54 Å². The van der Waals surface area contributed by atoms with E-state index in [1.54, 1.807) is 7.05 Å². The number of guanidine groups is 1. The summed E-state index contributed by atoms with van der Waals surface area (Å²) in [6, 6.07) is 1.25. The summed E-state index contributed by atoms with van der Waals surface area (Å²) in [6.07, 6.45) is 4.98. The predicted molar refractivity (Wildman–Crippen MR) is 103 cm³/mol. The molecule has 0 aromatic heterocycles. The predicted octanol–water partition coefficient (Wildman–Crippen LogP) is 0.874. The topological polar surface area (TPSA) is 60.0 Å². The van der Waals surface area contributed by atoms with Gasteiger partial charge in [0, 0.05) is 45.3 Å². The molecule has 3 fully saturated rings. The molecular formula is C16H30IN5O. The second kappa shape index (κ2) is 8.50. The van der Waals surface area contributed by atoms with E-state index in [1.807, 2.05) is 4.90 Å². The summed E-state index contributed by atoms with van der Waals surface area (Å²) >= 11 is 0. The van der Waals surface area contributed by atoms with Gasteiger partial charge in [0.2, 0.25) is 5.91 Å². The van der Waals surface area contributed by atoms with Crippen molar-refractivity contribution in [2.24, 2.45) is 10.9 Å². The third-order valence-corrected chi connectivity index (χ3v) is 5.12. The molecule has 3 rings (SSSR count). The Labute approximate surface area is 156 Å². The molecule has 6 nitrogen and oxygen atoms in total. The van der Waals surface area contributed by atoms with E-state index >= 15 is 0 Å². The monoisotopic (exact) mass is 435 g/mol. The van der Waals surface area contributed by atoms with Gasteiger partial charge in [0.25, 0.3) is 0 Å². The van der Waals surface area contributed by atoms with Crippen molar-refractivity contribution >= 4 is 35.8 Å². The molecule has 3 aliphatic rings. The molecule has 1 saturated carbocycles. The molecular weight excluding hydrogens is 405 g/mol. The van der Waals surface area contributed by atoms with Crippen LogP contribution in [0.2, 0.25) is 0 Å². The van der Waals surface area contributed by atoms with Gasteiger partial charge in [-0.1, -0.05) is 6.92 Å². The van der Waals surface area contributed by atoms with Crippen LogP contribution in [0.3, 0.4) is 0 Å². The smallest absolute Gasteiger partial charge is 0.241 e. The van der Waals surface area contributed by atoms with E-state index in [-0.39, 0.29) is 29.9 Å². The molecule has 7 heteroatoms. The molecule has 2 heterocycles. The van der Waals surface area contributed by atoms with Crippen LogP contribution in [-0.2, 0) is 4.79 Å². The number of hydrogen-bond donors (Lipinski definition) is 2. The lowest BCUT2D eigenvalue weighted by Gasteiger charge is -2.21. The van der Waals surface area contributed by atoms with Gasteiger partial charge < -0.3 is 15.5 Å². The Morgan fingerprint density at radius 2 is 1.91 bits per heavy atom. The average molecular weight is 435 g/mol. The number of carbonyl (C=O) groups excluding carboxylic acids is 1. The number of amides is 1. The molecule has 1 amide bonds. The SMILES string of the molecule is CN=C(NCC(=O)N1CCCC1)NC1CN(C2CC2)CC1C.I. The quantitative estimate of drug-likeness (QED) is 0.391. The summed E-state index contributed by atoms with van der Waals surface area (Å²) in [4.78, 5) is 20.9. The van der Waals surface area contributed by atoms with Crippen molar-refractivity contribution in [3.63, 3.8) is 0 Å². The Bertz CT molecular complexity index is 434. The summed E-state index contributed by atoms with van der Waals surface area (Å²) in [6.45, 7) is 6.71. The van der Waals surface area contributed by atoms with Crippen molar-refractivity contribution < 1.29 is 4.79 Å². The highest BCUT2D eigenvalue weighted by Crippen LogP contribution is 2.31. The van der Waals surface area contributed by atoms with E-state index in [2.05, 4.69) is 27.4 Å². The maximum Gasteiger partial charge on any atom is 0.241 e. The molecule has 1 aliphatic carbocycles. The highest BCUT2D eigenvalue weighted by Gasteiger charge is 2.38. The molecule has 2 aliphatic heterocycles. The summed E-state index contributed by atoms with van der Waals surface area (Å²) in [5.74, 6) is 1.55. The Kier molecular flexibility index (Phi) is 6.94. The van der Waals surface area contributed by atoms with Gasteiger partial charge in [-0.05, 0) is 31.6 Å². The van der Waals surface area contributed by atoms with Crippen LogP contribution in [0.25, 0.3) is 0 Å². The lowest BCUT2D eigenvalue weighted by Crippen LogP contribution is -2.49. The van der Waals surface area contributed by atoms with Crippen LogP contribution in [0.5, 0.6) is 0 Å². The summed E-state index contributed by atoms with van der Waals surface area (Å²) in [5.41, 5.74) is 0. The van der Waals surface area contributed by atoms with E-state index in [0.29, 0.717) is 18.5 Å². The molecule has 2 unspecified atom stereocenters. The Morgan fingerprint density at radius 3 is 2.52 bits per heavy atom. The first-order chi connectivity index (χ1) is 10.7. The van der Waals surface area contributed by atoms with Crippen LogP contribution >= 0.6 is 24.0 Å². The minimum Gasteiger partial charge on any atom is -0.352 e. The molecule has 2 N–H and O–H groups in total. The number of likely N-dealkylation sites (tertiary alicyclic amines) is 2. The van der Waals surface area contributed by atoms with E-state index in [9.17, 15) is 4.79 Å². The van der Waals surface area contributed by atoms with Crippen LogP contribution in [0.15, 0.2) is 4.99 Å². The highest BCUT2D eigenvalue weighted by molar-refractivity contribution is 14.0. The zero-order valence-corrected chi connectivity index (χ0v) is 16.6. The van der Waals surface area contributed by atoms with Crippen LogP contribution in [0.1, 0.15) is 32.6 Å². The number of hydrogen-bond acceptors (Lipinski definition) is 3. The number of nitrogens with zero attached hydrogens (tertiary/aromatic N) is 3. The molecule has 0 spiro atoms. The second-order valence-electron chi connectivity index (χ2n) is 6.93. The molecule has 132 valence electrons. The number of rotatable bonds is 4. The zero-order valence-electron chi connectivity index (χ0n) is 14.3. The van der Waals surface area contributed by atoms with Crippen LogP contribution in [0.4, 0.5) is 0 Å². The normalized spacial score (nSPS) is 28.6. The Balaban J connectivity index is 0.00000192. The van der Waals surface area contributed by atoms with Crippen molar-refractivity contribution in [2.75, 3.05) is 39.8 Å². The fourth-order valence-electron chi connectivity index (χ4n) is 3.54. The van der Waals surface area contributed by atoms with Gasteiger partial charge in [-0.2, -0.15) is 0 Å². The Hall–Kier alpha value is -0.570. The maximum absolute atomic E-state index is 12.1. The second-order valence-corrected chi connectivity index (χ2v) is 6.93. The molecule has 0 aromatic rings. The van der Waals surface area contributed by atoms with E-state index in [4.69, 9.17) is 0 Å². The fourth-order valence-corrected chi connectivity index (χ4v) is 3.54. The highest BCUT2D eigenvalue weighted by atomic mass is 127. The lowest BCUT2D eigenvalue weighted by atomic mass is 10.1. The van der Waals surface area contributed by atoms with Gasteiger partial charge in [0.15, 0.2) is 5.96 Å². The standard InChI is InChI=1S/C16H29N5O.HI/c1-12-10-21(13-5-6-13)11-14(12)19-16(17-2)18-9-15(22)20-7-3-4-8-20;/h12-14H,3-11H2,1-2H3,(H2,17,18,19);1H. The largest absolute Gasteiger partial charge is 0.352 e. The van der Waals surface area contributed by atoms with E-state index < -0.39 is 0 Å². The van der Waals surface area contributed by atoms with Crippen molar-refractivity contribution in [1.29, 1.82) is 0 Å². The van der Waals surface area contributed by atoms with Gasteiger partial charge in [-0.25, -0.2) is 0 Å². The summed E-state index contributed by atoms with van der Waals surface area (Å²) < 4.78 is 0. The average Bonchev–Trinajstić information content (AvgIpc) is 3.09. The van der Waals surface area contributed by atoms with Crippen molar-refractivity contribution in [1.82, 2.24) is 20.4 Å². The van der Waals surface area contributed by atoms with E-state index in [0.717, 1.165) is 44.5 Å². The minimum atomic E-state index is 0. The van der Waals surface area contributed by atoms with Crippen molar-refractivity contribution in [3.05, 3.63) is 0 Å². The molecule has 0 bridgehead atoms. The van der Waals surface area contributed by atoms with Gasteiger partial charge in [-0.15, -0.1) is 24.0 Å². The molecule has 2 saturated heterocycles. The zero-order chi connectivity index (χ0) is 15.5. The molecule has 23 heavy (non-hydrogen) atoms. The van der Waals surface area contributed by atoms with Gasteiger partial charge >= 0.3 is 0 Å². The summed E-state index contributed by atoms with van der Waals surface area (Å²) in [5, 5.41) is 6.68. The van der Waals surface area contributed by atoms with Crippen LogP contribution in [0, 0.1) is 5.92 Å². The van der Waals surface area contributed by atoms with Crippen molar-refractivity contribution in [2.45, 2.75) is 44.7 Å².